The van der Waals surface area contributed by atoms with Gasteiger partial charge in [-0.25, -0.2) is 9.69 Å². The van der Waals surface area contributed by atoms with Crippen LogP contribution in [0.3, 0.4) is 0 Å². The number of nitrogens with zero attached hydrogens (tertiary/aromatic N) is 1. The van der Waals surface area contributed by atoms with E-state index in [4.69, 9.17) is 20.5 Å². The molecule has 11 heteroatoms. The normalized spacial score (nSPS) is 14.6. The number of imide groups is 2. The first-order valence-corrected chi connectivity index (χ1v) is 14.0. The van der Waals surface area contributed by atoms with Crippen molar-refractivity contribution in [3.05, 3.63) is 125 Å². The van der Waals surface area contributed by atoms with Gasteiger partial charge >= 0.3 is 16.1 Å². The first kappa shape index (κ1) is 27.6. The lowest BCUT2D eigenvalue weighted by Crippen LogP contribution is -2.54. The summed E-state index contributed by atoms with van der Waals surface area (Å²) >= 11 is 5.83. The third-order valence-corrected chi connectivity index (χ3v) is 7.44. The van der Waals surface area contributed by atoms with Gasteiger partial charge in [-0.1, -0.05) is 54.1 Å². The Morgan fingerprint density at radius 2 is 1.51 bits per heavy atom. The van der Waals surface area contributed by atoms with Gasteiger partial charge in [-0.15, -0.1) is 0 Å². The molecule has 1 saturated heterocycles. The quantitative estimate of drug-likeness (QED) is 0.167. The highest BCUT2D eigenvalue weighted by molar-refractivity contribution is 7.87. The van der Waals surface area contributed by atoms with Gasteiger partial charge in [0.1, 0.15) is 28.6 Å². The molecule has 5 rings (SSSR count). The molecule has 1 heterocycles. The fraction of sp³-hybridized carbons (Fsp3) is 0.0333. The van der Waals surface area contributed by atoms with Gasteiger partial charge < -0.3 is 8.92 Å². The number of carbonyl (C=O) groups is 3. The number of rotatable bonds is 8. The number of carbonyl (C=O) groups excluding carboxylic acids is 3. The van der Waals surface area contributed by atoms with E-state index in [1.54, 1.807) is 18.2 Å². The Kier molecular flexibility index (Phi) is 7.86. The van der Waals surface area contributed by atoms with E-state index in [1.165, 1.54) is 60.7 Å². The van der Waals surface area contributed by atoms with Crippen molar-refractivity contribution in [3.63, 3.8) is 0 Å². The van der Waals surface area contributed by atoms with Crippen LogP contribution >= 0.6 is 11.6 Å². The van der Waals surface area contributed by atoms with Crippen LogP contribution in [0.4, 0.5) is 10.5 Å². The van der Waals surface area contributed by atoms with Crippen molar-refractivity contribution in [2.45, 2.75) is 11.5 Å². The number of halogens is 1. The van der Waals surface area contributed by atoms with Gasteiger partial charge in [-0.3, -0.25) is 14.9 Å². The Morgan fingerprint density at radius 1 is 0.805 bits per heavy atom. The number of anilines is 1. The molecular formula is C30H21ClN2O7S. The average Bonchev–Trinajstić information content (AvgIpc) is 2.95. The summed E-state index contributed by atoms with van der Waals surface area (Å²) in [4.78, 5) is 39.2. The standard InChI is InChI=1S/C30H21ClN2O7S/c31-22-9-15-26(16-10-22)41(37,38)40-25-8-4-7-21(17-25)18-27-28(34)32-30(36)33(29(27)35)23-11-13-24(14-12-23)39-19-20-5-2-1-3-6-20/h1-18H,19H2,(H,32,34,36)/b27-18-. The maximum Gasteiger partial charge on any atom is 0.339 e. The Balaban J connectivity index is 1.34. The molecule has 0 unspecified atom stereocenters. The average molecular weight is 589 g/mol. The highest BCUT2D eigenvalue weighted by Gasteiger charge is 2.36. The molecule has 0 spiro atoms. The van der Waals surface area contributed by atoms with Gasteiger partial charge in [0, 0.05) is 5.02 Å². The molecule has 4 aromatic rings. The van der Waals surface area contributed by atoms with Crippen LogP contribution in [0.15, 0.2) is 114 Å². The first-order valence-electron chi connectivity index (χ1n) is 12.2. The summed E-state index contributed by atoms with van der Waals surface area (Å²) in [5.74, 6) is -1.26. The van der Waals surface area contributed by atoms with Crippen LogP contribution in [0.1, 0.15) is 11.1 Å². The minimum absolute atomic E-state index is 0.0445. The monoisotopic (exact) mass is 588 g/mol. The highest BCUT2D eigenvalue weighted by Crippen LogP contribution is 2.26. The van der Waals surface area contributed by atoms with E-state index in [0.717, 1.165) is 10.5 Å². The Bertz CT molecular complexity index is 1760. The summed E-state index contributed by atoms with van der Waals surface area (Å²) in [6.45, 7) is 0.342. The molecule has 4 aromatic carbocycles. The summed E-state index contributed by atoms with van der Waals surface area (Å²) in [7, 11) is -4.17. The minimum atomic E-state index is -4.17. The van der Waals surface area contributed by atoms with Crippen molar-refractivity contribution in [1.82, 2.24) is 5.32 Å². The second-order valence-electron chi connectivity index (χ2n) is 8.79. The minimum Gasteiger partial charge on any atom is -0.489 e. The lowest BCUT2D eigenvalue weighted by Gasteiger charge is -2.26. The summed E-state index contributed by atoms with van der Waals surface area (Å²) in [6, 6.07) is 26.2. The van der Waals surface area contributed by atoms with E-state index in [-0.39, 0.29) is 21.9 Å². The van der Waals surface area contributed by atoms with Crippen LogP contribution in [-0.4, -0.2) is 26.3 Å². The SMILES string of the molecule is O=C1NC(=O)N(c2ccc(OCc3ccccc3)cc2)C(=O)/C1=C\c1cccc(OS(=O)(=O)c2ccc(Cl)cc2)c1. The molecule has 4 amide bonds. The van der Waals surface area contributed by atoms with E-state index in [2.05, 4.69) is 5.32 Å². The zero-order chi connectivity index (χ0) is 29.0. The molecule has 0 atom stereocenters. The van der Waals surface area contributed by atoms with Crippen molar-refractivity contribution < 1.29 is 31.7 Å². The number of benzene rings is 4. The zero-order valence-corrected chi connectivity index (χ0v) is 22.8. The van der Waals surface area contributed by atoms with Gasteiger partial charge in [0.2, 0.25) is 0 Å². The number of ether oxygens (including phenoxy) is 1. The molecule has 1 N–H and O–H groups in total. The smallest absolute Gasteiger partial charge is 0.339 e. The fourth-order valence-corrected chi connectivity index (χ4v) is 4.97. The summed E-state index contributed by atoms with van der Waals surface area (Å²) in [5, 5.41) is 2.53. The Labute approximate surface area is 240 Å². The van der Waals surface area contributed by atoms with Gasteiger partial charge in [-0.2, -0.15) is 8.42 Å². The predicted octanol–water partition coefficient (Wildman–Crippen LogP) is 5.35. The second-order valence-corrected chi connectivity index (χ2v) is 10.8. The summed E-state index contributed by atoms with van der Waals surface area (Å²) < 4.78 is 36.2. The first-order chi connectivity index (χ1) is 19.7. The van der Waals surface area contributed by atoms with Gasteiger partial charge in [0.05, 0.1) is 5.69 Å². The number of hydrogen-bond donors (Lipinski definition) is 1. The molecule has 1 fully saturated rings. The number of urea groups is 1. The van der Waals surface area contributed by atoms with Gasteiger partial charge in [0.25, 0.3) is 11.8 Å². The molecule has 41 heavy (non-hydrogen) atoms. The third-order valence-electron chi connectivity index (χ3n) is 5.92. The molecule has 0 radical (unpaired) electrons. The Morgan fingerprint density at radius 3 is 2.22 bits per heavy atom. The molecule has 206 valence electrons. The van der Waals surface area contributed by atoms with Gasteiger partial charge in [0.15, 0.2) is 0 Å². The lowest BCUT2D eigenvalue weighted by atomic mass is 10.1. The second kappa shape index (κ2) is 11.7. The van der Waals surface area contributed by atoms with Crippen LogP contribution < -0.4 is 19.1 Å². The Hall–Kier alpha value is -4.93. The maximum atomic E-state index is 13.3. The van der Waals surface area contributed by atoms with Crippen LogP contribution in [0.2, 0.25) is 5.02 Å². The van der Waals surface area contributed by atoms with Crippen molar-refractivity contribution in [2.75, 3.05) is 4.90 Å². The molecular weight excluding hydrogens is 568 g/mol. The maximum absolute atomic E-state index is 13.3. The van der Waals surface area contributed by atoms with Crippen LogP contribution in [-0.2, 0) is 26.3 Å². The number of hydrogen-bond acceptors (Lipinski definition) is 7. The van der Waals surface area contributed by atoms with Crippen molar-refractivity contribution in [3.8, 4) is 11.5 Å². The number of nitrogens with one attached hydrogen (secondary N) is 1. The number of amides is 4. The van der Waals surface area contributed by atoms with Crippen molar-refractivity contribution in [1.29, 1.82) is 0 Å². The van der Waals surface area contributed by atoms with E-state index in [1.807, 2.05) is 30.3 Å². The topological polar surface area (TPSA) is 119 Å². The van der Waals surface area contributed by atoms with E-state index < -0.39 is 28.0 Å². The van der Waals surface area contributed by atoms with E-state index in [0.29, 0.717) is 22.9 Å². The van der Waals surface area contributed by atoms with Crippen LogP contribution in [0.25, 0.3) is 6.08 Å². The summed E-state index contributed by atoms with van der Waals surface area (Å²) in [6.07, 6.45) is 1.25. The van der Waals surface area contributed by atoms with Crippen LogP contribution in [0.5, 0.6) is 11.5 Å². The molecule has 0 saturated carbocycles. The largest absolute Gasteiger partial charge is 0.489 e. The molecule has 1 aliphatic rings. The van der Waals surface area contributed by atoms with Gasteiger partial charge in [-0.05, 0) is 77.9 Å². The highest BCUT2D eigenvalue weighted by atomic mass is 35.5. The fourth-order valence-electron chi connectivity index (χ4n) is 3.92. The van der Waals surface area contributed by atoms with E-state index in [9.17, 15) is 22.8 Å². The summed E-state index contributed by atoms with van der Waals surface area (Å²) in [5.41, 5.74) is 1.18. The lowest BCUT2D eigenvalue weighted by molar-refractivity contribution is -0.122. The third kappa shape index (κ3) is 6.46. The molecule has 0 aromatic heterocycles. The predicted molar refractivity (Wildman–Crippen MR) is 152 cm³/mol. The molecule has 0 bridgehead atoms. The molecule has 9 nitrogen and oxygen atoms in total. The zero-order valence-electron chi connectivity index (χ0n) is 21.2. The van der Waals surface area contributed by atoms with Crippen molar-refractivity contribution >= 4 is 51.3 Å². The van der Waals surface area contributed by atoms with E-state index >= 15 is 0 Å². The van der Waals surface area contributed by atoms with Crippen molar-refractivity contribution in [2.24, 2.45) is 0 Å². The number of barbiturate groups is 1. The molecule has 0 aliphatic carbocycles. The van der Waals surface area contributed by atoms with Crippen LogP contribution in [0, 0.1) is 0 Å². The molecule has 1 aliphatic heterocycles.